The van der Waals surface area contributed by atoms with Crippen LogP contribution in [0.1, 0.15) is 69.5 Å². The molecule has 1 aliphatic carbocycles. The Hall–Kier alpha value is -0.740. The summed E-state index contributed by atoms with van der Waals surface area (Å²) in [6, 6.07) is 1.96. The van der Waals surface area contributed by atoms with Gasteiger partial charge in [0.2, 0.25) is 0 Å². The van der Waals surface area contributed by atoms with E-state index in [1.165, 1.54) is 32.1 Å². The zero-order chi connectivity index (χ0) is 13.8. The molecule has 0 spiro atoms. The molecule has 0 aliphatic heterocycles. The number of hydrogen-bond acceptors (Lipinski definition) is 3. The normalized spacial score (nSPS) is 18.7. The monoisotopic (exact) mass is 280 g/mol. The predicted molar refractivity (Wildman–Crippen MR) is 79.8 cm³/mol. The van der Waals surface area contributed by atoms with Crippen molar-refractivity contribution in [3.63, 3.8) is 0 Å². The third kappa shape index (κ3) is 3.63. The van der Waals surface area contributed by atoms with Crippen molar-refractivity contribution >= 4 is 12.2 Å². The summed E-state index contributed by atoms with van der Waals surface area (Å²) in [5, 5.41) is 0. The molecular formula is C15H24N2OS. The van der Waals surface area contributed by atoms with E-state index in [2.05, 4.69) is 23.8 Å². The van der Waals surface area contributed by atoms with Crippen LogP contribution in [0.3, 0.4) is 0 Å². The third-order valence-corrected chi connectivity index (χ3v) is 4.21. The topological polar surface area (TPSA) is 37.9 Å². The molecule has 1 aromatic heterocycles. The fraction of sp³-hybridized carbons (Fsp3) is 0.733. The third-order valence-electron chi connectivity index (χ3n) is 4.01. The Bertz CT molecular complexity index is 463. The molecule has 2 rings (SSSR count). The van der Waals surface area contributed by atoms with E-state index in [1.807, 2.05) is 6.07 Å². The number of hydrogen-bond donors (Lipinski definition) is 1. The summed E-state index contributed by atoms with van der Waals surface area (Å²) in [4.78, 5) is 7.93. The van der Waals surface area contributed by atoms with Gasteiger partial charge < -0.3 is 9.72 Å². The fourth-order valence-electron chi connectivity index (χ4n) is 2.91. The van der Waals surface area contributed by atoms with Gasteiger partial charge >= 0.3 is 0 Å². The first-order chi connectivity index (χ1) is 9.11. The lowest BCUT2D eigenvalue weighted by atomic mass is 9.85. The van der Waals surface area contributed by atoms with Crippen LogP contribution in [0.25, 0.3) is 0 Å². The molecule has 0 amide bonds. The van der Waals surface area contributed by atoms with Crippen molar-refractivity contribution in [1.29, 1.82) is 0 Å². The maximum absolute atomic E-state index is 5.73. The molecule has 19 heavy (non-hydrogen) atoms. The number of methoxy groups -OCH3 is 1. The second kappa shape index (κ2) is 6.62. The Kier molecular flexibility index (Phi) is 5.11. The van der Waals surface area contributed by atoms with Gasteiger partial charge in [0.1, 0.15) is 16.6 Å². The Morgan fingerprint density at radius 1 is 1.32 bits per heavy atom. The molecular weight excluding hydrogens is 256 g/mol. The van der Waals surface area contributed by atoms with Gasteiger partial charge in [0.25, 0.3) is 0 Å². The van der Waals surface area contributed by atoms with Crippen molar-refractivity contribution in [1.82, 2.24) is 9.97 Å². The first-order valence-electron chi connectivity index (χ1n) is 7.25. The molecule has 1 aliphatic rings. The van der Waals surface area contributed by atoms with Gasteiger partial charge in [-0.05, 0) is 30.7 Å². The molecule has 3 nitrogen and oxygen atoms in total. The lowest BCUT2D eigenvalue weighted by molar-refractivity contribution is 0.0286. The van der Waals surface area contributed by atoms with E-state index in [0.29, 0.717) is 16.5 Å². The largest absolute Gasteiger partial charge is 0.373 e. The van der Waals surface area contributed by atoms with E-state index < -0.39 is 0 Å². The van der Waals surface area contributed by atoms with Gasteiger partial charge in [-0.3, -0.25) is 0 Å². The van der Waals surface area contributed by atoms with Gasteiger partial charge in [-0.2, -0.15) is 0 Å². The molecule has 1 atom stereocenters. The molecule has 0 radical (unpaired) electrons. The van der Waals surface area contributed by atoms with Gasteiger partial charge in [0, 0.05) is 12.8 Å². The quantitative estimate of drug-likeness (QED) is 0.823. The number of aromatic nitrogens is 2. The molecule has 1 saturated carbocycles. The lowest BCUT2D eigenvalue weighted by Crippen LogP contribution is -2.20. The summed E-state index contributed by atoms with van der Waals surface area (Å²) < 4.78 is 6.39. The lowest BCUT2D eigenvalue weighted by Gasteiger charge is -2.28. The van der Waals surface area contributed by atoms with Crippen molar-refractivity contribution in [2.24, 2.45) is 5.92 Å². The van der Waals surface area contributed by atoms with Crippen LogP contribution >= 0.6 is 12.2 Å². The zero-order valence-electron chi connectivity index (χ0n) is 12.1. The van der Waals surface area contributed by atoms with E-state index in [1.54, 1.807) is 7.11 Å². The Balaban J connectivity index is 2.29. The molecule has 1 N–H and O–H groups in total. The van der Waals surface area contributed by atoms with Crippen LogP contribution in [-0.2, 0) is 4.74 Å². The summed E-state index contributed by atoms with van der Waals surface area (Å²) in [6.45, 7) is 4.32. The second-order valence-corrected chi connectivity index (χ2v) is 6.19. The minimum absolute atomic E-state index is 0.0562. The van der Waals surface area contributed by atoms with Crippen LogP contribution in [0, 0.1) is 10.6 Å². The SMILES string of the molecule is COC(c1nc(=S)cc(C(C)C)[nH]1)C1CCCCC1. The van der Waals surface area contributed by atoms with Gasteiger partial charge in [-0.1, -0.05) is 45.3 Å². The van der Waals surface area contributed by atoms with Crippen LogP contribution in [0.2, 0.25) is 0 Å². The number of nitrogens with zero attached hydrogens (tertiary/aromatic N) is 1. The summed E-state index contributed by atoms with van der Waals surface area (Å²) in [5.41, 5.74) is 1.15. The van der Waals surface area contributed by atoms with Crippen LogP contribution in [0.15, 0.2) is 6.07 Å². The van der Waals surface area contributed by atoms with Crippen molar-refractivity contribution < 1.29 is 4.74 Å². The van der Waals surface area contributed by atoms with Crippen LogP contribution in [0.5, 0.6) is 0 Å². The van der Waals surface area contributed by atoms with Crippen molar-refractivity contribution in [2.45, 2.75) is 58.0 Å². The molecule has 106 valence electrons. The molecule has 0 saturated heterocycles. The number of aromatic amines is 1. The van der Waals surface area contributed by atoms with Gasteiger partial charge in [-0.15, -0.1) is 0 Å². The van der Waals surface area contributed by atoms with Crippen molar-refractivity contribution in [3.05, 3.63) is 22.2 Å². The maximum Gasteiger partial charge on any atom is 0.137 e. The van der Waals surface area contributed by atoms with E-state index in [0.717, 1.165) is 11.5 Å². The minimum atomic E-state index is 0.0562. The molecule has 4 heteroatoms. The highest BCUT2D eigenvalue weighted by Gasteiger charge is 2.27. The fourth-order valence-corrected chi connectivity index (χ4v) is 3.13. The molecule has 1 heterocycles. The summed E-state index contributed by atoms with van der Waals surface area (Å²) in [7, 11) is 1.78. The standard InChI is InChI=1S/C15H24N2OS/c1-10(2)12-9-13(19)17-15(16-12)14(18-3)11-7-5-4-6-8-11/h9-11,14H,4-8H2,1-3H3,(H,16,17,19). The molecule has 1 unspecified atom stereocenters. The summed E-state index contributed by atoms with van der Waals surface area (Å²) >= 11 is 5.29. The smallest absolute Gasteiger partial charge is 0.137 e. The highest BCUT2D eigenvalue weighted by atomic mass is 32.1. The maximum atomic E-state index is 5.73. The highest BCUT2D eigenvalue weighted by Crippen LogP contribution is 2.35. The van der Waals surface area contributed by atoms with Crippen LogP contribution < -0.4 is 0 Å². The first kappa shape index (κ1) is 14.7. The average Bonchev–Trinajstić information content (AvgIpc) is 2.40. The first-order valence-corrected chi connectivity index (χ1v) is 7.66. The van der Waals surface area contributed by atoms with Gasteiger partial charge in [0.05, 0.1) is 0 Å². The van der Waals surface area contributed by atoms with Crippen LogP contribution in [-0.4, -0.2) is 17.1 Å². The average molecular weight is 280 g/mol. The second-order valence-electron chi connectivity index (χ2n) is 5.77. The van der Waals surface area contributed by atoms with E-state index in [9.17, 15) is 0 Å². The molecule has 0 bridgehead atoms. The van der Waals surface area contributed by atoms with E-state index in [-0.39, 0.29) is 6.10 Å². The Morgan fingerprint density at radius 2 is 2.00 bits per heavy atom. The minimum Gasteiger partial charge on any atom is -0.373 e. The van der Waals surface area contributed by atoms with E-state index >= 15 is 0 Å². The Morgan fingerprint density at radius 3 is 2.58 bits per heavy atom. The number of rotatable bonds is 4. The number of ether oxygens (including phenoxy) is 1. The predicted octanol–water partition coefficient (Wildman–Crippen LogP) is 4.53. The van der Waals surface area contributed by atoms with E-state index in [4.69, 9.17) is 17.0 Å². The van der Waals surface area contributed by atoms with Gasteiger partial charge in [0.15, 0.2) is 0 Å². The van der Waals surface area contributed by atoms with Crippen molar-refractivity contribution in [3.8, 4) is 0 Å². The molecule has 0 aromatic carbocycles. The van der Waals surface area contributed by atoms with Gasteiger partial charge in [-0.25, -0.2) is 4.98 Å². The number of H-pyrrole nitrogens is 1. The Labute approximate surface area is 120 Å². The summed E-state index contributed by atoms with van der Waals surface area (Å²) in [6.07, 6.45) is 6.46. The number of nitrogens with one attached hydrogen (secondary N) is 1. The van der Waals surface area contributed by atoms with Crippen molar-refractivity contribution in [2.75, 3.05) is 7.11 Å². The zero-order valence-corrected chi connectivity index (χ0v) is 12.9. The van der Waals surface area contributed by atoms with Crippen LogP contribution in [0.4, 0.5) is 0 Å². The molecule has 1 aromatic rings. The highest BCUT2D eigenvalue weighted by molar-refractivity contribution is 7.71. The molecule has 1 fully saturated rings. The summed E-state index contributed by atoms with van der Waals surface area (Å²) in [5.74, 6) is 1.90.